The maximum absolute atomic E-state index is 10.1. The van der Waals surface area contributed by atoms with E-state index in [-0.39, 0.29) is 38.5 Å². The maximum atomic E-state index is 10.1. The van der Waals surface area contributed by atoms with E-state index in [0.717, 1.165) is 27.4 Å². The minimum atomic E-state index is 0. The van der Waals surface area contributed by atoms with Gasteiger partial charge in [-0.1, -0.05) is 31.2 Å². The molecule has 0 unspecified atom stereocenters. The van der Waals surface area contributed by atoms with E-state index in [4.69, 9.17) is 0 Å². The molecule has 4 rings (SSSR count). The molecular formula is C17H11N2OY-. The number of nitrogens with zero attached hydrogens (tertiary/aromatic N) is 2. The second-order valence-corrected chi connectivity index (χ2v) is 4.93. The van der Waals surface area contributed by atoms with Crippen molar-refractivity contribution in [3.63, 3.8) is 0 Å². The van der Waals surface area contributed by atoms with E-state index < -0.39 is 0 Å². The summed E-state index contributed by atoms with van der Waals surface area (Å²) in [6, 6.07) is 16.9. The number of aryl methyl sites for hydroxylation is 1. The SMILES string of the molecule is Cc1c[c-]c2nc3cc4ccccc4cc3nc2c1O.[Y]. The Balaban J connectivity index is 0.00000132. The summed E-state index contributed by atoms with van der Waals surface area (Å²) in [6.45, 7) is 1.83. The second-order valence-electron chi connectivity index (χ2n) is 4.93. The first-order valence-corrected chi connectivity index (χ1v) is 6.43. The van der Waals surface area contributed by atoms with Crippen LogP contribution in [0.5, 0.6) is 5.75 Å². The predicted molar refractivity (Wildman–Crippen MR) is 79.8 cm³/mol. The average molecular weight is 348 g/mol. The van der Waals surface area contributed by atoms with Gasteiger partial charge >= 0.3 is 0 Å². The minimum Gasteiger partial charge on any atom is -0.531 e. The fourth-order valence-corrected chi connectivity index (χ4v) is 2.44. The molecule has 0 saturated carbocycles. The van der Waals surface area contributed by atoms with E-state index in [1.165, 1.54) is 0 Å². The summed E-state index contributed by atoms with van der Waals surface area (Å²) in [4.78, 5) is 9.10. The molecule has 1 N–H and O–H groups in total. The van der Waals surface area contributed by atoms with Gasteiger partial charge in [-0.05, 0) is 28.4 Å². The van der Waals surface area contributed by atoms with Crippen molar-refractivity contribution in [3.05, 3.63) is 54.1 Å². The number of benzene rings is 3. The molecule has 0 aliphatic carbocycles. The Morgan fingerprint density at radius 2 is 1.62 bits per heavy atom. The predicted octanol–water partition coefficient (Wildman–Crippen LogP) is 3.75. The second kappa shape index (κ2) is 5.32. The Morgan fingerprint density at radius 3 is 2.29 bits per heavy atom. The van der Waals surface area contributed by atoms with Gasteiger partial charge in [0.05, 0.1) is 11.0 Å². The molecule has 0 aliphatic rings. The quantitative estimate of drug-likeness (QED) is 0.389. The maximum Gasteiger partial charge on any atom is 0.0862 e. The van der Waals surface area contributed by atoms with Crippen LogP contribution >= 0.6 is 0 Å². The monoisotopic (exact) mass is 348 g/mol. The van der Waals surface area contributed by atoms with Crippen molar-refractivity contribution in [1.29, 1.82) is 0 Å². The number of hydrogen-bond donors (Lipinski definition) is 1. The number of fused-ring (bicyclic) bond motifs is 3. The van der Waals surface area contributed by atoms with E-state index in [1.54, 1.807) is 6.07 Å². The molecule has 1 heterocycles. The number of aromatic hydroxyl groups is 1. The summed E-state index contributed by atoms with van der Waals surface area (Å²) in [5.74, 6) is 0.182. The molecule has 3 aromatic carbocycles. The fourth-order valence-electron chi connectivity index (χ4n) is 2.44. The van der Waals surface area contributed by atoms with Crippen molar-refractivity contribution in [1.82, 2.24) is 9.97 Å². The van der Waals surface area contributed by atoms with Crippen molar-refractivity contribution in [2.24, 2.45) is 0 Å². The van der Waals surface area contributed by atoms with Gasteiger partial charge in [-0.25, -0.2) is 0 Å². The molecule has 4 heteroatoms. The van der Waals surface area contributed by atoms with Crippen LogP contribution in [-0.2, 0) is 32.7 Å². The summed E-state index contributed by atoms with van der Waals surface area (Å²) in [5, 5.41) is 12.4. The first-order valence-electron chi connectivity index (χ1n) is 6.43. The van der Waals surface area contributed by atoms with Crippen LogP contribution in [0, 0.1) is 13.0 Å². The molecule has 0 atom stereocenters. The summed E-state index contributed by atoms with van der Waals surface area (Å²) in [6.07, 6.45) is 0. The van der Waals surface area contributed by atoms with Gasteiger partial charge in [0.1, 0.15) is 0 Å². The summed E-state index contributed by atoms with van der Waals surface area (Å²) < 4.78 is 0. The largest absolute Gasteiger partial charge is 0.531 e. The Kier molecular flexibility index (Phi) is 3.64. The Bertz CT molecular complexity index is 982. The molecule has 1 aromatic heterocycles. The molecule has 0 fully saturated rings. The summed E-state index contributed by atoms with van der Waals surface area (Å²) in [7, 11) is 0. The Labute approximate surface area is 146 Å². The van der Waals surface area contributed by atoms with Crippen LogP contribution in [0.4, 0.5) is 0 Å². The van der Waals surface area contributed by atoms with E-state index in [0.29, 0.717) is 11.0 Å². The average Bonchev–Trinajstić information content (AvgIpc) is 2.47. The van der Waals surface area contributed by atoms with Gasteiger partial charge in [0, 0.05) is 44.0 Å². The zero-order chi connectivity index (χ0) is 13.7. The van der Waals surface area contributed by atoms with Crippen LogP contribution in [-0.4, -0.2) is 15.1 Å². The third kappa shape index (κ3) is 2.31. The van der Waals surface area contributed by atoms with Crippen molar-refractivity contribution < 1.29 is 37.8 Å². The third-order valence-corrected chi connectivity index (χ3v) is 3.55. The van der Waals surface area contributed by atoms with Crippen molar-refractivity contribution in [2.75, 3.05) is 0 Å². The molecule has 3 nitrogen and oxygen atoms in total. The van der Waals surface area contributed by atoms with Gasteiger partial charge in [-0.2, -0.15) is 12.1 Å². The minimum absolute atomic E-state index is 0. The molecule has 0 aliphatic heterocycles. The topological polar surface area (TPSA) is 46.0 Å². The van der Waals surface area contributed by atoms with Crippen LogP contribution in [0.25, 0.3) is 32.8 Å². The normalized spacial score (nSPS) is 10.9. The van der Waals surface area contributed by atoms with Crippen LogP contribution in [0.1, 0.15) is 5.56 Å². The number of hydrogen-bond acceptors (Lipinski definition) is 3. The molecular weight excluding hydrogens is 337 g/mol. The van der Waals surface area contributed by atoms with Gasteiger partial charge in [0.15, 0.2) is 0 Å². The molecule has 21 heavy (non-hydrogen) atoms. The zero-order valence-electron chi connectivity index (χ0n) is 11.5. The standard InChI is InChI=1S/C17H11N2O.Y/c1-10-6-7-13-16(17(10)20)19-15-9-12-5-3-2-4-11(12)8-14(15)18-13;/h2-6,8-9,20H,1H3;/q-1;. The zero-order valence-corrected chi connectivity index (χ0v) is 14.3. The van der Waals surface area contributed by atoms with Gasteiger partial charge in [0.2, 0.25) is 0 Å². The molecule has 99 valence electrons. The van der Waals surface area contributed by atoms with E-state index in [1.807, 2.05) is 37.3 Å². The molecule has 0 amide bonds. The third-order valence-electron chi connectivity index (χ3n) is 3.55. The number of phenols is 1. The van der Waals surface area contributed by atoms with E-state index in [9.17, 15) is 5.11 Å². The van der Waals surface area contributed by atoms with Gasteiger partial charge in [0.25, 0.3) is 0 Å². The van der Waals surface area contributed by atoms with Crippen LogP contribution in [0.3, 0.4) is 0 Å². The fraction of sp³-hybridized carbons (Fsp3) is 0.0588. The number of aromatic nitrogens is 2. The summed E-state index contributed by atoms with van der Waals surface area (Å²) >= 11 is 0. The summed E-state index contributed by atoms with van der Waals surface area (Å²) in [5.41, 5.74) is 3.46. The Hall–Kier alpha value is -1.58. The van der Waals surface area contributed by atoms with Gasteiger partial charge in [-0.3, -0.25) is 4.98 Å². The first-order chi connectivity index (χ1) is 9.72. The van der Waals surface area contributed by atoms with Crippen molar-refractivity contribution in [3.8, 4) is 5.75 Å². The number of rotatable bonds is 0. The molecule has 0 spiro atoms. The van der Waals surface area contributed by atoms with Gasteiger partial charge in [-0.15, -0.1) is 5.56 Å². The van der Waals surface area contributed by atoms with Crippen molar-refractivity contribution >= 4 is 32.8 Å². The molecule has 0 saturated heterocycles. The van der Waals surface area contributed by atoms with Crippen LogP contribution in [0.15, 0.2) is 42.5 Å². The van der Waals surface area contributed by atoms with E-state index >= 15 is 0 Å². The van der Waals surface area contributed by atoms with Crippen LogP contribution < -0.4 is 0 Å². The Morgan fingerprint density at radius 1 is 1.00 bits per heavy atom. The molecule has 4 aromatic rings. The van der Waals surface area contributed by atoms with E-state index in [2.05, 4.69) is 22.1 Å². The number of phenolic OH excluding ortho intramolecular Hbond substituents is 1. The molecule has 0 bridgehead atoms. The van der Waals surface area contributed by atoms with Crippen molar-refractivity contribution in [2.45, 2.75) is 6.92 Å². The van der Waals surface area contributed by atoms with Crippen LogP contribution in [0.2, 0.25) is 0 Å². The smallest absolute Gasteiger partial charge is 0.0862 e. The first kappa shape index (κ1) is 14.4. The van der Waals surface area contributed by atoms with Gasteiger partial charge < -0.3 is 10.1 Å². The molecule has 1 radical (unpaired) electrons.